The van der Waals surface area contributed by atoms with Gasteiger partial charge in [-0.1, -0.05) is 54.1 Å². The molecule has 0 spiro atoms. The average molecular weight is 440 g/mol. The smallest absolute Gasteiger partial charge is 0.266 e. The standard InChI is InChI=1S/C26H20N2O5/c1-15-10-12-16(13-11-15)24(30)25-23(17-6-2-4-8-19(17)33-25)28-22(29)14-21-26(31)27-18-7-3-5-9-20(18)32-21/h2-13,21H,14H2,1H3,(H,27,31)(H,28,29). The number of rotatable bonds is 5. The molecule has 0 aliphatic carbocycles. The minimum atomic E-state index is -0.991. The van der Waals surface area contributed by atoms with Gasteiger partial charge in [-0.2, -0.15) is 0 Å². The molecule has 0 bridgehead atoms. The monoisotopic (exact) mass is 440 g/mol. The fourth-order valence-electron chi connectivity index (χ4n) is 3.75. The van der Waals surface area contributed by atoms with Crippen LogP contribution in [0.3, 0.4) is 0 Å². The number of nitrogens with one attached hydrogen (secondary N) is 2. The minimum absolute atomic E-state index is 0.0350. The highest BCUT2D eigenvalue weighted by Gasteiger charge is 2.31. The number of fused-ring (bicyclic) bond motifs is 2. The van der Waals surface area contributed by atoms with Crippen LogP contribution in [0.5, 0.6) is 5.75 Å². The number of anilines is 2. The number of ether oxygens (including phenoxy) is 1. The van der Waals surface area contributed by atoms with E-state index in [1.165, 1.54) is 0 Å². The Labute approximate surface area is 189 Å². The van der Waals surface area contributed by atoms with Crippen LogP contribution in [0.4, 0.5) is 11.4 Å². The third-order valence-electron chi connectivity index (χ3n) is 5.46. The van der Waals surface area contributed by atoms with Gasteiger partial charge in [0.1, 0.15) is 11.3 Å². The summed E-state index contributed by atoms with van der Waals surface area (Å²) in [7, 11) is 0. The average Bonchev–Trinajstić information content (AvgIpc) is 3.18. The van der Waals surface area contributed by atoms with Gasteiger partial charge >= 0.3 is 0 Å². The first-order valence-corrected chi connectivity index (χ1v) is 10.5. The summed E-state index contributed by atoms with van der Waals surface area (Å²) < 4.78 is 11.5. The number of ketones is 1. The van der Waals surface area contributed by atoms with Crippen LogP contribution in [0.25, 0.3) is 11.0 Å². The van der Waals surface area contributed by atoms with Gasteiger partial charge in [0.25, 0.3) is 5.91 Å². The third-order valence-corrected chi connectivity index (χ3v) is 5.46. The lowest BCUT2D eigenvalue weighted by molar-refractivity contribution is -0.128. The summed E-state index contributed by atoms with van der Waals surface area (Å²) in [5.41, 5.74) is 2.78. The Morgan fingerprint density at radius 2 is 1.70 bits per heavy atom. The van der Waals surface area contributed by atoms with Crippen molar-refractivity contribution in [3.05, 3.63) is 89.7 Å². The van der Waals surface area contributed by atoms with E-state index in [2.05, 4.69) is 10.6 Å². The molecule has 2 amide bonds. The number of amides is 2. The highest BCUT2D eigenvalue weighted by molar-refractivity contribution is 6.17. The molecule has 0 saturated heterocycles. The Kier molecular flexibility index (Phi) is 5.14. The van der Waals surface area contributed by atoms with Gasteiger partial charge in [0.05, 0.1) is 17.8 Å². The van der Waals surface area contributed by atoms with Crippen LogP contribution in [-0.4, -0.2) is 23.7 Å². The van der Waals surface area contributed by atoms with E-state index in [1.807, 2.05) is 19.1 Å². The molecule has 4 aromatic rings. The number of hydrogen-bond donors (Lipinski definition) is 2. The largest absolute Gasteiger partial charge is 0.478 e. The zero-order valence-electron chi connectivity index (χ0n) is 17.8. The van der Waals surface area contributed by atoms with Gasteiger partial charge in [-0.15, -0.1) is 0 Å². The van der Waals surface area contributed by atoms with Crippen LogP contribution in [0.15, 0.2) is 77.2 Å². The van der Waals surface area contributed by atoms with Crippen LogP contribution in [-0.2, 0) is 9.59 Å². The Morgan fingerprint density at radius 3 is 2.52 bits per heavy atom. The van der Waals surface area contributed by atoms with Gasteiger partial charge in [0, 0.05) is 10.9 Å². The predicted molar refractivity (Wildman–Crippen MR) is 124 cm³/mol. The lowest BCUT2D eigenvalue weighted by Gasteiger charge is -2.25. The summed E-state index contributed by atoms with van der Waals surface area (Å²) in [5.74, 6) is -0.690. The molecule has 1 unspecified atom stereocenters. The van der Waals surface area contributed by atoms with Gasteiger partial charge in [-0.25, -0.2) is 0 Å². The van der Waals surface area contributed by atoms with E-state index in [-0.39, 0.29) is 23.7 Å². The maximum absolute atomic E-state index is 13.2. The summed E-state index contributed by atoms with van der Waals surface area (Å²) in [6, 6.07) is 21.2. The van der Waals surface area contributed by atoms with E-state index in [1.54, 1.807) is 60.7 Å². The molecule has 2 N–H and O–H groups in total. The summed E-state index contributed by atoms with van der Waals surface area (Å²) in [4.78, 5) is 38.5. The van der Waals surface area contributed by atoms with E-state index in [0.29, 0.717) is 28.0 Å². The number of aryl methyl sites for hydroxylation is 1. The normalized spacial score (nSPS) is 14.8. The molecule has 1 aromatic heterocycles. The van der Waals surface area contributed by atoms with Gasteiger partial charge in [0.2, 0.25) is 11.7 Å². The van der Waals surface area contributed by atoms with Crippen LogP contribution in [0.2, 0.25) is 0 Å². The molecule has 33 heavy (non-hydrogen) atoms. The summed E-state index contributed by atoms with van der Waals surface area (Å²) in [6.07, 6.45) is -1.22. The molecular formula is C26H20N2O5. The predicted octanol–water partition coefficient (Wildman–Crippen LogP) is 4.70. The second-order valence-electron chi connectivity index (χ2n) is 7.84. The van der Waals surface area contributed by atoms with Gasteiger partial charge < -0.3 is 19.8 Å². The van der Waals surface area contributed by atoms with Crippen molar-refractivity contribution in [3.63, 3.8) is 0 Å². The van der Waals surface area contributed by atoms with E-state index in [9.17, 15) is 14.4 Å². The number of hydrogen-bond acceptors (Lipinski definition) is 5. The van der Waals surface area contributed by atoms with Crippen LogP contribution in [0, 0.1) is 6.92 Å². The van der Waals surface area contributed by atoms with Crippen LogP contribution >= 0.6 is 0 Å². The summed E-state index contributed by atoms with van der Waals surface area (Å²) >= 11 is 0. The molecule has 7 heteroatoms. The van der Waals surface area contributed by atoms with Crippen molar-refractivity contribution in [2.75, 3.05) is 10.6 Å². The molecule has 0 radical (unpaired) electrons. The molecule has 0 fully saturated rings. The lowest BCUT2D eigenvalue weighted by Crippen LogP contribution is -2.39. The summed E-state index contributed by atoms with van der Waals surface area (Å²) in [5, 5.41) is 6.11. The maximum Gasteiger partial charge on any atom is 0.266 e. The van der Waals surface area contributed by atoms with E-state index in [0.717, 1.165) is 5.56 Å². The van der Waals surface area contributed by atoms with Crippen molar-refractivity contribution in [1.82, 2.24) is 0 Å². The fourth-order valence-corrected chi connectivity index (χ4v) is 3.75. The Hall–Kier alpha value is -4.39. The third kappa shape index (κ3) is 3.96. The first-order chi connectivity index (χ1) is 16.0. The zero-order valence-corrected chi connectivity index (χ0v) is 17.8. The van der Waals surface area contributed by atoms with Crippen molar-refractivity contribution in [2.45, 2.75) is 19.4 Å². The van der Waals surface area contributed by atoms with Gasteiger partial charge in [-0.05, 0) is 31.2 Å². The number of carbonyl (C=O) groups excluding carboxylic acids is 3. The molecule has 1 aliphatic heterocycles. The second kappa shape index (κ2) is 8.27. The van der Waals surface area contributed by atoms with Crippen molar-refractivity contribution in [1.29, 1.82) is 0 Å². The molecule has 1 atom stereocenters. The van der Waals surface area contributed by atoms with Gasteiger partial charge in [-0.3, -0.25) is 14.4 Å². The van der Waals surface area contributed by atoms with Crippen LogP contribution < -0.4 is 15.4 Å². The minimum Gasteiger partial charge on any atom is -0.478 e. The Bertz CT molecular complexity index is 1390. The Morgan fingerprint density at radius 1 is 0.970 bits per heavy atom. The fraction of sp³-hybridized carbons (Fsp3) is 0.115. The highest BCUT2D eigenvalue weighted by Crippen LogP contribution is 2.33. The molecule has 0 saturated carbocycles. The molecule has 7 nitrogen and oxygen atoms in total. The zero-order chi connectivity index (χ0) is 22.9. The second-order valence-corrected chi connectivity index (χ2v) is 7.84. The Balaban J connectivity index is 1.42. The molecule has 2 heterocycles. The van der Waals surface area contributed by atoms with Crippen molar-refractivity contribution in [2.24, 2.45) is 0 Å². The van der Waals surface area contributed by atoms with Crippen molar-refractivity contribution >= 4 is 39.9 Å². The molecular weight excluding hydrogens is 420 g/mol. The number of para-hydroxylation sites is 3. The molecule has 164 valence electrons. The first-order valence-electron chi connectivity index (χ1n) is 10.5. The lowest BCUT2D eigenvalue weighted by atomic mass is 10.1. The molecule has 1 aliphatic rings. The SMILES string of the molecule is Cc1ccc(C(=O)c2oc3ccccc3c2NC(=O)CC2Oc3ccccc3NC2=O)cc1. The quantitative estimate of drug-likeness (QED) is 0.439. The van der Waals surface area contributed by atoms with Crippen molar-refractivity contribution in [3.8, 4) is 5.75 Å². The summed E-state index contributed by atoms with van der Waals surface area (Å²) in [6.45, 7) is 1.93. The van der Waals surface area contributed by atoms with E-state index >= 15 is 0 Å². The highest BCUT2D eigenvalue weighted by atomic mass is 16.5. The van der Waals surface area contributed by atoms with Crippen LogP contribution in [0.1, 0.15) is 28.1 Å². The van der Waals surface area contributed by atoms with E-state index < -0.39 is 17.9 Å². The van der Waals surface area contributed by atoms with Gasteiger partial charge in [0.15, 0.2) is 11.9 Å². The number of carbonyl (C=O) groups is 3. The number of furan rings is 1. The van der Waals surface area contributed by atoms with Crippen molar-refractivity contribution < 1.29 is 23.5 Å². The maximum atomic E-state index is 13.2. The topological polar surface area (TPSA) is 97.6 Å². The number of benzene rings is 3. The molecule has 3 aromatic carbocycles. The first kappa shape index (κ1) is 20.5. The molecule has 5 rings (SSSR count). The van der Waals surface area contributed by atoms with E-state index in [4.69, 9.17) is 9.15 Å².